The lowest BCUT2D eigenvalue weighted by atomic mass is 9.78. The van der Waals surface area contributed by atoms with Crippen molar-refractivity contribution in [2.24, 2.45) is 4.99 Å². The van der Waals surface area contributed by atoms with Gasteiger partial charge in [0.1, 0.15) is 0 Å². The molecule has 0 fully saturated rings. The SMILES string of the molecule is CN=C(NCCc1cccc(C(=O)N(C)C)c1)NCC1Cc2ccccc21.I. The third-order valence-corrected chi connectivity index (χ3v) is 4.99. The summed E-state index contributed by atoms with van der Waals surface area (Å²) in [5, 5.41) is 6.78. The Morgan fingerprint density at radius 3 is 2.64 bits per heavy atom. The van der Waals surface area contributed by atoms with E-state index in [4.69, 9.17) is 0 Å². The van der Waals surface area contributed by atoms with Gasteiger partial charge >= 0.3 is 0 Å². The molecule has 0 aliphatic heterocycles. The van der Waals surface area contributed by atoms with Crippen LogP contribution in [0.4, 0.5) is 0 Å². The summed E-state index contributed by atoms with van der Waals surface area (Å²) in [4.78, 5) is 18.0. The minimum Gasteiger partial charge on any atom is -0.356 e. The Hall–Kier alpha value is -2.09. The van der Waals surface area contributed by atoms with Crippen molar-refractivity contribution >= 4 is 35.8 Å². The predicted octanol–water partition coefficient (Wildman–Crippen LogP) is 3.05. The number of amides is 1. The predicted molar refractivity (Wildman–Crippen MR) is 126 cm³/mol. The molecule has 3 rings (SSSR count). The first-order valence-electron chi connectivity index (χ1n) is 9.41. The fourth-order valence-electron chi connectivity index (χ4n) is 3.43. The van der Waals surface area contributed by atoms with E-state index in [0.717, 1.165) is 43.0 Å². The molecule has 0 aromatic heterocycles. The van der Waals surface area contributed by atoms with Gasteiger partial charge in [0.15, 0.2) is 5.96 Å². The Morgan fingerprint density at radius 1 is 1.14 bits per heavy atom. The average Bonchev–Trinajstić information content (AvgIpc) is 2.66. The van der Waals surface area contributed by atoms with Crippen molar-refractivity contribution in [2.45, 2.75) is 18.8 Å². The van der Waals surface area contributed by atoms with Crippen LogP contribution in [-0.4, -0.2) is 51.0 Å². The van der Waals surface area contributed by atoms with E-state index >= 15 is 0 Å². The fourth-order valence-corrected chi connectivity index (χ4v) is 3.43. The highest BCUT2D eigenvalue weighted by molar-refractivity contribution is 14.0. The Bertz CT molecular complexity index is 835. The van der Waals surface area contributed by atoms with Gasteiger partial charge in [-0.05, 0) is 41.7 Å². The van der Waals surface area contributed by atoms with Crippen molar-refractivity contribution in [1.29, 1.82) is 0 Å². The molecule has 0 radical (unpaired) electrons. The number of carbonyl (C=O) groups excluding carboxylic acids is 1. The van der Waals surface area contributed by atoms with Crippen LogP contribution in [0.2, 0.25) is 0 Å². The van der Waals surface area contributed by atoms with Crippen LogP contribution in [0.25, 0.3) is 0 Å². The zero-order chi connectivity index (χ0) is 19.2. The minimum absolute atomic E-state index is 0. The van der Waals surface area contributed by atoms with Gasteiger partial charge in [-0.1, -0.05) is 36.4 Å². The van der Waals surface area contributed by atoms with E-state index < -0.39 is 0 Å². The van der Waals surface area contributed by atoms with E-state index in [-0.39, 0.29) is 29.9 Å². The number of hydrogen-bond acceptors (Lipinski definition) is 2. The standard InChI is InChI=1S/C22H28N4O.HI/c1-23-22(25-15-19-14-17-8-4-5-10-20(17)19)24-12-11-16-7-6-9-18(13-16)21(27)26(2)3;/h4-10,13,19H,11-12,14-15H2,1-3H3,(H2,23,24,25);1H. The first-order valence-corrected chi connectivity index (χ1v) is 9.41. The normalized spacial score (nSPS) is 15.0. The summed E-state index contributed by atoms with van der Waals surface area (Å²) in [5.41, 5.74) is 4.77. The van der Waals surface area contributed by atoms with Gasteiger partial charge in [-0.15, -0.1) is 24.0 Å². The van der Waals surface area contributed by atoms with Crippen LogP contribution in [0.1, 0.15) is 33.0 Å². The number of nitrogens with zero attached hydrogens (tertiary/aromatic N) is 2. The molecule has 1 unspecified atom stereocenters. The Labute approximate surface area is 184 Å². The molecule has 2 N–H and O–H groups in total. The molecule has 1 atom stereocenters. The molecular formula is C22H29IN4O. The molecule has 0 bridgehead atoms. The van der Waals surface area contributed by atoms with E-state index in [0.29, 0.717) is 5.92 Å². The van der Waals surface area contributed by atoms with Crippen LogP contribution in [-0.2, 0) is 12.8 Å². The summed E-state index contributed by atoms with van der Waals surface area (Å²) in [5.74, 6) is 1.41. The van der Waals surface area contributed by atoms with E-state index in [1.54, 1.807) is 26.0 Å². The fraction of sp³-hybridized carbons (Fsp3) is 0.364. The number of guanidine groups is 1. The molecule has 0 heterocycles. The van der Waals surface area contributed by atoms with Gasteiger partial charge in [0, 0.05) is 45.7 Å². The molecule has 0 spiro atoms. The third-order valence-electron chi connectivity index (χ3n) is 4.99. The number of benzene rings is 2. The van der Waals surface area contributed by atoms with Crippen molar-refractivity contribution in [3.8, 4) is 0 Å². The van der Waals surface area contributed by atoms with E-state index in [9.17, 15) is 4.79 Å². The third kappa shape index (κ3) is 5.47. The van der Waals surface area contributed by atoms with Crippen LogP contribution in [0.3, 0.4) is 0 Å². The van der Waals surface area contributed by atoms with Crippen LogP contribution < -0.4 is 10.6 Å². The highest BCUT2D eigenvalue weighted by Crippen LogP contribution is 2.33. The van der Waals surface area contributed by atoms with Crippen molar-refractivity contribution in [1.82, 2.24) is 15.5 Å². The molecule has 1 aliphatic rings. The van der Waals surface area contributed by atoms with Gasteiger partial charge < -0.3 is 15.5 Å². The lowest BCUT2D eigenvalue weighted by molar-refractivity contribution is 0.0827. The molecule has 28 heavy (non-hydrogen) atoms. The minimum atomic E-state index is 0. The molecule has 2 aromatic carbocycles. The van der Waals surface area contributed by atoms with Crippen molar-refractivity contribution in [3.05, 3.63) is 70.8 Å². The second-order valence-corrected chi connectivity index (χ2v) is 7.13. The summed E-state index contributed by atoms with van der Waals surface area (Å²) >= 11 is 0. The van der Waals surface area contributed by atoms with Crippen LogP contribution in [0.5, 0.6) is 0 Å². The number of aliphatic imine (C=N–C) groups is 1. The van der Waals surface area contributed by atoms with E-state index in [1.165, 1.54) is 11.1 Å². The first kappa shape index (κ1) is 22.2. The number of hydrogen-bond donors (Lipinski definition) is 2. The van der Waals surface area contributed by atoms with Crippen molar-refractivity contribution in [2.75, 3.05) is 34.2 Å². The molecular weight excluding hydrogens is 463 g/mol. The molecule has 0 saturated carbocycles. The molecule has 6 heteroatoms. The largest absolute Gasteiger partial charge is 0.356 e. The molecule has 0 saturated heterocycles. The maximum Gasteiger partial charge on any atom is 0.253 e. The molecule has 5 nitrogen and oxygen atoms in total. The van der Waals surface area contributed by atoms with Gasteiger partial charge in [0.05, 0.1) is 0 Å². The average molecular weight is 492 g/mol. The van der Waals surface area contributed by atoms with Gasteiger partial charge in [-0.2, -0.15) is 0 Å². The zero-order valence-electron chi connectivity index (χ0n) is 16.7. The highest BCUT2D eigenvalue weighted by atomic mass is 127. The number of halogens is 1. The quantitative estimate of drug-likeness (QED) is 0.371. The van der Waals surface area contributed by atoms with Crippen molar-refractivity contribution in [3.63, 3.8) is 0 Å². The smallest absolute Gasteiger partial charge is 0.253 e. The van der Waals surface area contributed by atoms with E-state index in [1.807, 2.05) is 18.2 Å². The van der Waals surface area contributed by atoms with Crippen LogP contribution in [0, 0.1) is 0 Å². The van der Waals surface area contributed by atoms with Gasteiger partial charge in [0.25, 0.3) is 5.91 Å². The molecule has 1 aliphatic carbocycles. The highest BCUT2D eigenvalue weighted by Gasteiger charge is 2.25. The van der Waals surface area contributed by atoms with E-state index in [2.05, 4.69) is 46.0 Å². The Morgan fingerprint density at radius 2 is 1.93 bits per heavy atom. The summed E-state index contributed by atoms with van der Waals surface area (Å²) in [7, 11) is 5.33. The lowest BCUT2D eigenvalue weighted by Gasteiger charge is -2.30. The van der Waals surface area contributed by atoms with Crippen LogP contribution in [0.15, 0.2) is 53.5 Å². The Kier molecular flexibility index (Phi) is 8.29. The number of carbonyl (C=O) groups is 1. The zero-order valence-corrected chi connectivity index (χ0v) is 19.1. The molecule has 1 amide bonds. The maximum absolute atomic E-state index is 12.1. The number of rotatable bonds is 6. The van der Waals surface area contributed by atoms with Crippen molar-refractivity contribution < 1.29 is 4.79 Å². The maximum atomic E-state index is 12.1. The lowest BCUT2D eigenvalue weighted by Crippen LogP contribution is -2.41. The summed E-state index contributed by atoms with van der Waals surface area (Å²) < 4.78 is 0. The van der Waals surface area contributed by atoms with Gasteiger partial charge in [0.2, 0.25) is 0 Å². The Balaban J connectivity index is 0.00000280. The number of nitrogens with one attached hydrogen (secondary N) is 2. The molecule has 2 aromatic rings. The number of fused-ring (bicyclic) bond motifs is 1. The second kappa shape index (κ2) is 10.5. The second-order valence-electron chi connectivity index (χ2n) is 7.13. The topological polar surface area (TPSA) is 56.7 Å². The first-order chi connectivity index (χ1) is 13.1. The van der Waals surface area contributed by atoms with Gasteiger partial charge in [-0.25, -0.2) is 0 Å². The molecule has 150 valence electrons. The monoisotopic (exact) mass is 492 g/mol. The summed E-state index contributed by atoms with van der Waals surface area (Å²) in [6.07, 6.45) is 1.97. The summed E-state index contributed by atoms with van der Waals surface area (Å²) in [6.45, 7) is 1.66. The summed E-state index contributed by atoms with van der Waals surface area (Å²) in [6, 6.07) is 16.4. The van der Waals surface area contributed by atoms with Gasteiger partial charge in [-0.3, -0.25) is 9.79 Å². The van der Waals surface area contributed by atoms with Crippen LogP contribution >= 0.6 is 24.0 Å².